The van der Waals surface area contributed by atoms with Crippen LogP contribution in [-0.4, -0.2) is 10.2 Å². The smallest absolute Gasteiger partial charge is 0.235 e. The molecule has 0 aliphatic heterocycles. The zero-order chi connectivity index (χ0) is 12.4. The molecule has 1 aromatic heterocycles. The number of benzene rings is 1. The Bertz CT molecular complexity index is 513. The molecular weight excluding hydrogens is 282 g/mol. The molecule has 1 heterocycles. The minimum absolute atomic E-state index is 0.543. The zero-order valence-corrected chi connectivity index (χ0v) is 11.6. The number of halogens is 1. The molecule has 5 heteroatoms. The van der Waals surface area contributed by atoms with Crippen molar-refractivity contribution in [3.05, 3.63) is 39.5 Å². The van der Waals surface area contributed by atoms with Gasteiger partial charge in [-0.2, -0.15) is 0 Å². The van der Waals surface area contributed by atoms with Crippen molar-refractivity contribution in [2.75, 3.05) is 5.32 Å². The molecule has 0 saturated carbocycles. The van der Waals surface area contributed by atoms with Crippen molar-refractivity contribution < 1.29 is 4.42 Å². The molecule has 2 aromatic rings. The maximum absolute atomic E-state index is 5.30. The molecule has 0 radical (unpaired) electrons. The first-order chi connectivity index (χ1) is 8.06. The fourth-order valence-corrected chi connectivity index (χ4v) is 1.86. The highest BCUT2D eigenvalue weighted by Gasteiger charge is 2.04. The predicted octanol–water partition coefficient (Wildman–Crippen LogP) is 3.37. The van der Waals surface area contributed by atoms with Crippen LogP contribution in [0.15, 0.2) is 21.0 Å². The van der Waals surface area contributed by atoms with Crippen molar-refractivity contribution in [2.24, 2.45) is 0 Å². The van der Waals surface area contributed by atoms with Crippen molar-refractivity contribution in [3.8, 4) is 0 Å². The number of anilines is 1. The summed E-state index contributed by atoms with van der Waals surface area (Å²) in [6.45, 7) is 6.46. The topological polar surface area (TPSA) is 51.0 Å². The molecule has 0 fully saturated rings. The summed E-state index contributed by atoms with van der Waals surface area (Å²) in [5.74, 6) is 1.19. The van der Waals surface area contributed by atoms with Crippen molar-refractivity contribution >= 4 is 21.6 Å². The molecule has 0 aliphatic carbocycles. The zero-order valence-electron chi connectivity index (χ0n) is 10.0. The van der Waals surface area contributed by atoms with Gasteiger partial charge in [-0.25, -0.2) is 0 Å². The Morgan fingerprint density at radius 2 is 1.82 bits per heavy atom. The van der Waals surface area contributed by atoms with Crippen molar-refractivity contribution in [1.82, 2.24) is 10.2 Å². The summed E-state index contributed by atoms with van der Waals surface area (Å²) in [6, 6.07) is 4.17. The van der Waals surface area contributed by atoms with Gasteiger partial charge in [0.1, 0.15) is 0 Å². The Morgan fingerprint density at radius 3 is 2.35 bits per heavy atom. The minimum Gasteiger partial charge on any atom is -0.424 e. The molecule has 1 aromatic carbocycles. The highest BCUT2D eigenvalue weighted by molar-refractivity contribution is 9.10. The van der Waals surface area contributed by atoms with E-state index in [2.05, 4.69) is 57.4 Å². The molecule has 0 saturated heterocycles. The van der Waals surface area contributed by atoms with Crippen LogP contribution in [0.5, 0.6) is 0 Å². The lowest BCUT2D eigenvalue weighted by atomic mass is 10.1. The third kappa shape index (κ3) is 2.85. The van der Waals surface area contributed by atoms with Gasteiger partial charge in [0.15, 0.2) is 0 Å². The first-order valence-electron chi connectivity index (χ1n) is 5.36. The molecule has 0 spiro atoms. The molecule has 0 unspecified atom stereocenters. The van der Waals surface area contributed by atoms with E-state index in [1.807, 2.05) is 0 Å². The van der Waals surface area contributed by atoms with Gasteiger partial charge < -0.3 is 9.73 Å². The molecule has 17 heavy (non-hydrogen) atoms. The molecule has 0 atom stereocenters. The molecule has 90 valence electrons. The highest BCUT2D eigenvalue weighted by Crippen LogP contribution is 2.25. The van der Waals surface area contributed by atoms with E-state index in [1.165, 1.54) is 11.1 Å². The first-order valence-corrected chi connectivity index (χ1v) is 6.15. The predicted molar refractivity (Wildman–Crippen MR) is 70.0 cm³/mol. The van der Waals surface area contributed by atoms with Crippen LogP contribution in [0.4, 0.5) is 5.69 Å². The van der Waals surface area contributed by atoms with Crippen LogP contribution >= 0.6 is 15.9 Å². The summed E-state index contributed by atoms with van der Waals surface area (Å²) in [4.78, 5) is 0. The normalized spacial score (nSPS) is 10.6. The first kappa shape index (κ1) is 12.1. The molecule has 0 bridgehead atoms. The van der Waals surface area contributed by atoms with E-state index >= 15 is 0 Å². The van der Waals surface area contributed by atoms with Crippen LogP contribution in [0.25, 0.3) is 0 Å². The average Bonchev–Trinajstić information content (AvgIpc) is 2.69. The fourth-order valence-electron chi connectivity index (χ4n) is 1.63. The van der Waals surface area contributed by atoms with E-state index in [-0.39, 0.29) is 0 Å². The maximum atomic E-state index is 5.30. The second-order valence-corrected chi connectivity index (χ2v) is 4.79. The summed E-state index contributed by atoms with van der Waals surface area (Å²) < 4.78 is 6.45. The summed E-state index contributed by atoms with van der Waals surface area (Å²) in [5, 5.41) is 11.0. The second kappa shape index (κ2) is 4.87. The highest BCUT2D eigenvalue weighted by atomic mass is 79.9. The van der Waals surface area contributed by atoms with Crippen LogP contribution in [0, 0.1) is 20.8 Å². The molecule has 0 aliphatic rings. The number of nitrogens with zero attached hydrogens (tertiary/aromatic N) is 2. The van der Waals surface area contributed by atoms with E-state index in [9.17, 15) is 0 Å². The Morgan fingerprint density at radius 1 is 1.18 bits per heavy atom. The summed E-state index contributed by atoms with van der Waals surface area (Å²) in [7, 11) is 0. The van der Waals surface area contributed by atoms with Crippen LogP contribution in [-0.2, 0) is 6.54 Å². The van der Waals surface area contributed by atoms with Gasteiger partial charge in [-0.15, -0.1) is 10.2 Å². The number of hydrogen-bond donors (Lipinski definition) is 1. The van der Waals surface area contributed by atoms with Gasteiger partial charge in [-0.1, -0.05) is 15.9 Å². The van der Waals surface area contributed by atoms with Gasteiger partial charge in [0, 0.05) is 17.1 Å². The van der Waals surface area contributed by atoms with Gasteiger partial charge in [-0.3, -0.25) is 0 Å². The monoisotopic (exact) mass is 295 g/mol. The molecular formula is C12H14BrN3O. The van der Waals surface area contributed by atoms with Gasteiger partial charge in [0.05, 0.1) is 6.54 Å². The SMILES string of the molecule is Cc1nnc(CNc2cc(C)c(Br)c(C)c2)o1. The maximum Gasteiger partial charge on any atom is 0.235 e. The van der Waals surface area contributed by atoms with E-state index in [4.69, 9.17) is 4.42 Å². The summed E-state index contributed by atoms with van der Waals surface area (Å²) in [5.41, 5.74) is 3.46. The van der Waals surface area contributed by atoms with Gasteiger partial charge >= 0.3 is 0 Å². The van der Waals surface area contributed by atoms with Crippen molar-refractivity contribution in [3.63, 3.8) is 0 Å². The quantitative estimate of drug-likeness (QED) is 0.943. The van der Waals surface area contributed by atoms with E-state index in [1.54, 1.807) is 6.92 Å². The lowest BCUT2D eigenvalue weighted by Crippen LogP contribution is -2.00. The summed E-state index contributed by atoms with van der Waals surface area (Å²) in [6.07, 6.45) is 0. The molecule has 4 nitrogen and oxygen atoms in total. The lowest BCUT2D eigenvalue weighted by Gasteiger charge is -2.08. The van der Waals surface area contributed by atoms with Crippen LogP contribution < -0.4 is 5.32 Å². The number of aromatic nitrogens is 2. The molecule has 0 amide bonds. The van der Waals surface area contributed by atoms with E-state index in [0.717, 1.165) is 10.2 Å². The number of nitrogens with one attached hydrogen (secondary N) is 1. The number of rotatable bonds is 3. The van der Waals surface area contributed by atoms with Gasteiger partial charge in [-0.05, 0) is 37.1 Å². The third-order valence-electron chi connectivity index (χ3n) is 2.45. The minimum atomic E-state index is 0.543. The van der Waals surface area contributed by atoms with E-state index in [0.29, 0.717) is 18.3 Å². The molecule has 1 N–H and O–H groups in total. The van der Waals surface area contributed by atoms with Crippen LogP contribution in [0.1, 0.15) is 22.9 Å². The Kier molecular flexibility index (Phi) is 3.47. The Hall–Kier alpha value is -1.36. The fraction of sp³-hybridized carbons (Fsp3) is 0.333. The largest absolute Gasteiger partial charge is 0.424 e. The Balaban J connectivity index is 2.09. The summed E-state index contributed by atoms with van der Waals surface area (Å²) >= 11 is 3.54. The van der Waals surface area contributed by atoms with E-state index < -0.39 is 0 Å². The van der Waals surface area contributed by atoms with Crippen molar-refractivity contribution in [2.45, 2.75) is 27.3 Å². The van der Waals surface area contributed by atoms with Gasteiger partial charge in [0.2, 0.25) is 11.8 Å². The lowest BCUT2D eigenvalue weighted by molar-refractivity contribution is 0.475. The van der Waals surface area contributed by atoms with Crippen molar-refractivity contribution in [1.29, 1.82) is 0 Å². The van der Waals surface area contributed by atoms with Gasteiger partial charge in [0.25, 0.3) is 0 Å². The molecule has 2 rings (SSSR count). The Labute approximate surface area is 109 Å². The number of hydrogen-bond acceptors (Lipinski definition) is 4. The van der Waals surface area contributed by atoms with Crippen LogP contribution in [0.2, 0.25) is 0 Å². The number of aryl methyl sites for hydroxylation is 3. The average molecular weight is 296 g/mol. The standard InChI is InChI=1S/C12H14BrN3O/c1-7-4-10(5-8(2)12(7)13)14-6-11-16-15-9(3)17-11/h4-5,14H,6H2,1-3H3. The van der Waals surface area contributed by atoms with Crippen LogP contribution in [0.3, 0.4) is 0 Å². The second-order valence-electron chi connectivity index (χ2n) is 3.99. The third-order valence-corrected chi connectivity index (χ3v) is 3.70.